The second-order valence-electron chi connectivity index (χ2n) is 3.94. The molecular weight excluding hydrogens is 250 g/mol. The topological polar surface area (TPSA) is 12.9 Å². The number of halogens is 1. The van der Waals surface area contributed by atoms with Gasteiger partial charge in [-0.05, 0) is 65.0 Å². The molecule has 0 atom stereocenters. The zero-order chi connectivity index (χ0) is 11.0. The largest absolute Gasteiger partial charge is 0.241 e. The second kappa shape index (κ2) is 3.93. The predicted molar refractivity (Wildman–Crippen MR) is 68.3 cm³/mol. The minimum atomic E-state index is 0.975. The van der Waals surface area contributed by atoms with E-state index < -0.39 is 0 Å². The van der Waals surface area contributed by atoms with Crippen LogP contribution in [0.5, 0.6) is 0 Å². The molecule has 0 aliphatic heterocycles. The van der Waals surface area contributed by atoms with Gasteiger partial charge in [0.15, 0.2) is 0 Å². The molecule has 2 aromatic rings. The van der Waals surface area contributed by atoms with Gasteiger partial charge in [-0.1, -0.05) is 13.0 Å². The number of rotatable bonds is 1. The third kappa shape index (κ3) is 1.91. The van der Waals surface area contributed by atoms with Gasteiger partial charge in [-0.2, -0.15) is 0 Å². The number of pyridine rings is 1. The van der Waals surface area contributed by atoms with Crippen molar-refractivity contribution in [2.24, 2.45) is 0 Å². The van der Waals surface area contributed by atoms with Crippen molar-refractivity contribution in [3.05, 3.63) is 39.5 Å². The fraction of sp³-hybridized carbons (Fsp3) is 0.308. The van der Waals surface area contributed by atoms with Crippen LogP contribution in [0.2, 0.25) is 0 Å². The van der Waals surface area contributed by atoms with Gasteiger partial charge < -0.3 is 0 Å². The Morgan fingerprint density at radius 1 is 1.20 bits per heavy atom. The van der Waals surface area contributed by atoms with E-state index in [0.29, 0.717) is 0 Å². The van der Waals surface area contributed by atoms with E-state index >= 15 is 0 Å². The first-order valence-corrected chi connectivity index (χ1v) is 5.97. The van der Waals surface area contributed by atoms with Crippen molar-refractivity contribution >= 4 is 26.8 Å². The summed E-state index contributed by atoms with van der Waals surface area (Å²) in [6.45, 7) is 6.40. The van der Waals surface area contributed by atoms with Gasteiger partial charge in [0.2, 0.25) is 0 Å². The Hall–Kier alpha value is -0.890. The van der Waals surface area contributed by atoms with Crippen LogP contribution in [0.25, 0.3) is 10.9 Å². The molecule has 0 fully saturated rings. The van der Waals surface area contributed by atoms with Crippen molar-refractivity contribution in [1.29, 1.82) is 0 Å². The summed E-state index contributed by atoms with van der Waals surface area (Å²) in [6.07, 6.45) is 1.01. The van der Waals surface area contributed by atoms with Crippen molar-refractivity contribution in [3.63, 3.8) is 0 Å². The molecule has 2 rings (SSSR count). The Morgan fingerprint density at radius 3 is 2.60 bits per heavy atom. The van der Waals surface area contributed by atoms with E-state index in [-0.39, 0.29) is 0 Å². The Bertz CT molecular complexity index is 517. The lowest BCUT2D eigenvalue weighted by Crippen LogP contribution is -1.91. The van der Waals surface area contributed by atoms with Crippen molar-refractivity contribution < 1.29 is 0 Å². The molecule has 2 heteroatoms. The lowest BCUT2D eigenvalue weighted by atomic mass is 10.0. The molecule has 0 bridgehead atoms. The van der Waals surface area contributed by atoms with Crippen LogP contribution < -0.4 is 0 Å². The maximum atomic E-state index is 4.58. The minimum absolute atomic E-state index is 0.975. The van der Waals surface area contributed by atoms with Gasteiger partial charge in [0.25, 0.3) is 0 Å². The number of aromatic nitrogens is 1. The van der Waals surface area contributed by atoms with Crippen LogP contribution in [0, 0.1) is 13.8 Å². The molecule has 0 spiro atoms. The fourth-order valence-electron chi connectivity index (χ4n) is 1.90. The van der Waals surface area contributed by atoms with Crippen molar-refractivity contribution in [3.8, 4) is 0 Å². The highest BCUT2D eigenvalue weighted by Crippen LogP contribution is 2.24. The quantitative estimate of drug-likeness (QED) is 0.704. The molecule has 15 heavy (non-hydrogen) atoms. The summed E-state index contributed by atoms with van der Waals surface area (Å²) in [5.74, 6) is 0. The number of benzene rings is 1. The van der Waals surface area contributed by atoms with Crippen LogP contribution in [-0.2, 0) is 6.42 Å². The van der Waals surface area contributed by atoms with Gasteiger partial charge in [0.1, 0.15) is 4.60 Å². The average molecular weight is 264 g/mol. The van der Waals surface area contributed by atoms with Gasteiger partial charge in [0.05, 0.1) is 5.52 Å². The molecule has 0 amide bonds. The van der Waals surface area contributed by atoms with Crippen LogP contribution in [0.4, 0.5) is 0 Å². The molecule has 0 saturated heterocycles. The molecule has 1 nitrogen and oxygen atoms in total. The minimum Gasteiger partial charge on any atom is -0.241 e. The first kappa shape index (κ1) is 10.6. The predicted octanol–water partition coefficient (Wildman–Crippen LogP) is 4.18. The Morgan fingerprint density at radius 2 is 1.93 bits per heavy atom. The summed E-state index contributed by atoms with van der Waals surface area (Å²) in [5.41, 5.74) is 4.93. The zero-order valence-electron chi connectivity index (χ0n) is 9.26. The molecule has 0 aliphatic rings. The van der Waals surface area contributed by atoms with E-state index in [1.165, 1.54) is 22.1 Å². The van der Waals surface area contributed by atoms with Gasteiger partial charge in [0, 0.05) is 5.39 Å². The highest BCUT2D eigenvalue weighted by molar-refractivity contribution is 9.10. The average Bonchev–Trinajstić information content (AvgIpc) is 2.16. The number of hydrogen-bond donors (Lipinski definition) is 0. The van der Waals surface area contributed by atoms with E-state index in [1.54, 1.807) is 0 Å². The molecule has 0 N–H and O–H groups in total. The first-order chi connectivity index (χ1) is 7.11. The van der Waals surface area contributed by atoms with Crippen LogP contribution in [0.1, 0.15) is 23.6 Å². The van der Waals surface area contributed by atoms with E-state index in [9.17, 15) is 0 Å². The lowest BCUT2D eigenvalue weighted by molar-refractivity contribution is 1.10. The normalized spacial score (nSPS) is 10.9. The highest BCUT2D eigenvalue weighted by atomic mass is 79.9. The van der Waals surface area contributed by atoms with Crippen LogP contribution >= 0.6 is 15.9 Å². The third-order valence-corrected chi connectivity index (χ3v) is 3.38. The van der Waals surface area contributed by atoms with Crippen molar-refractivity contribution in [2.75, 3.05) is 0 Å². The zero-order valence-corrected chi connectivity index (χ0v) is 10.9. The van der Waals surface area contributed by atoms with Gasteiger partial charge >= 0.3 is 0 Å². The molecular formula is C13H14BrN. The Kier molecular flexibility index (Phi) is 2.79. The molecule has 1 aromatic heterocycles. The Balaban J connectivity index is 2.81. The van der Waals surface area contributed by atoms with Crippen LogP contribution in [0.3, 0.4) is 0 Å². The summed E-state index contributed by atoms with van der Waals surface area (Å²) in [5, 5.41) is 1.26. The van der Waals surface area contributed by atoms with Gasteiger partial charge in [-0.3, -0.25) is 0 Å². The number of aryl methyl sites for hydroxylation is 3. The van der Waals surface area contributed by atoms with Crippen LogP contribution in [-0.4, -0.2) is 4.98 Å². The van der Waals surface area contributed by atoms with Crippen molar-refractivity contribution in [1.82, 2.24) is 4.98 Å². The SMILES string of the molecule is CCc1cc2c(C)cc(C)cc2nc1Br. The van der Waals surface area contributed by atoms with Gasteiger partial charge in [-0.25, -0.2) is 4.98 Å². The maximum absolute atomic E-state index is 4.58. The summed E-state index contributed by atoms with van der Waals surface area (Å²) in [7, 11) is 0. The molecule has 0 unspecified atom stereocenters. The lowest BCUT2D eigenvalue weighted by Gasteiger charge is -2.07. The number of hydrogen-bond acceptors (Lipinski definition) is 1. The second-order valence-corrected chi connectivity index (χ2v) is 4.69. The molecule has 1 aromatic carbocycles. The maximum Gasteiger partial charge on any atom is 0.110 e. The summed E-state index contributed by atoms with van der Waals surface area (Å²) < 4.78 is 0.975. The molecule has 78 valence electrons. The standard InChI is InChI=1S/C13H14BrN/c1-4-10-7-11-9(3)5-8(2)6-12(11)15-13(10)14/h5-7H,4H2,1-3H3. The molecule has 1 heterocycles. The van der Waals surface area contributed by atoms with E-state index in [0.717, 1.165) is 16.5 Å². The van der Waals surface area contributed by atoms with E-state index in [2.05, 4.69) is 59.9 Å². The summed E-state index contributed by atoms with van der Waals surface area (Å²) in [4.78, 5) is 4.58. The fourth-order valence-corrected chi connectivity index (χ4v) is 2.48. The molecule has 0 radical (unpaired) electrons. The van der Waals surface area contributed by atoms with E-state index in [4.69, 9.17) is 0 Å². The molecule has 0 saturated carbocycles. The molecule has 0 aliphatic carbocycles. The smallest absolute Gasteiger partial charge is 0.110 e. The first-order valence-electron chi connectivity index (χ1n) is 5.18. The van der Waals surface area contributed by atoms with Gasteiger partial charge in [-0.15, -0.1) is 0 Å². The number of nitrogens with zero attached hydrogens (tertiary/aromatic N) is 1. The highest BCUT2D eigenvalue weighted by Gasteiger charge is 2.05. The monoisotopic (exact) mass is 263 g/mol. The summed E-state index contributed by atoms with van der Waals surface area (Å²) >= 11 is 3.52. The summed E-state index contributed by atoms with van der Waals surface area (Å²) in [6, 6.07) is 6.57. The van der Waals surface area contributed by atoms with Crippen LogP contribution in [0.15, 0.2) is 22.8 Å². The Labute approximate surface area is 98.7 Å². The van der Waals surface area contributed by atoms with E-state index in [1.807, 2.05) is 0 Å². The van der Waals surface area contributed by atoms with Crippen molar-refractivity contribution in [2.45, 2.75) is 27.2 Å². The third-order valence-electron chi connectivity index (χ3n) is 2.69. The number of fused-ring (bicyclic) bond motifs is 1.